The van der Waals surface area contributed by atoms with Crippen LogP contribution in [0.2, 0.25) is 0 Å². The van der Waals surface area contributed by atoms with Crippen LogP contribution in [-0.2, 0) is 4.79 Å². The first-order valence-electron chi connectivity index (χ1n) is 9.18. The number of hydrogen-bond donors (Lipinski definition) is 1. The van der Waals surface area contributed by atoms with E-state index in [2.05, 4.69) is 24.1 Å². The lowest BCUT2D eigenvalue weighted by Gasteiger charge is -2.37. The van der Waals surface area contributed by atoms with Gasteiger partial charge in [0.1, 0.15) is 0 Å². The van der Waals surface area contributed by atoms with Crippen molar-refractivity contribution in [1.29, 1.82) is 0 Å². The number of nitrogens with one attached hydrogen (secondary N) is 1. The van der Waals surface area contributed by atoms with E-state index in [9.17, 15) is 4.79 Å². The van der Waals surface area contributed by atoms with E-state index in [4.69, 9.17) is 0 Å². The summed E-state index contributed by atoms with van der Waals surface area (Å²) in [5, 5.41) is 3.88. The average Bonchev–Trinajstić information content (AvgIpc) is 3.32. The topological polar surface area (TPSA) is 32.3 Å². The maximum atomic E-state index is 12.1. The molecule has 3 rings (SSSR count). The normalized spacial score (nSPS) is 31.7. The van der Waals surface area contributed by atoms with Crippen molar-refractivity contribution in [2.24, 2.45) is 17.8 Å². The predicted molar refractivity (Wildman–Crippen MR) is 86.0 cm³/mol. The zero-order valence-electron chi connectivity index (χ0n) is 13.8. The summed E-state index contributed by atoms with van der Waals surface area (Å²) >= 11 is 0. The number of likely N-dealkylation sites (tertiary alicyclic amines) is 1. The van der Waals surface area contributed by atoms with Crippen molar-refractivity contribution < 1.29 is 4.79 Å². The maximum absolute atomic E-state index is 12.1. The highest BCUT2D eigenvalue weighted by Gasteiger charge is 2.35. The van der Waals surface area contributed by atoms with Gasteiger partial charge in [-0.15, -0.1) is 0 Å². The van der Waals surface area contributed by atoms with Crippen LogP contribution >= 0.6 is 0 Å². The van der Waals surface area contributed by atoms with E-state index in [1.54, 1.807) is 0 Å². The molecular formula is C18H32N2O. The third-order valence-electron chi connectivity index (χ3n) is 5.92. The quantitative estimate of drug-likeness (QED) is 0.863. The second kappa shape index (κ2) is 6.68. The lowest BCUT2D eigenvalue weighted by Crippen LogP contribution is -2.48. The van der Waals surface area contributed by atoms with E-state index in [0.717, 1.165) is 56.7 Å². The smallest absolute Gasteiger partial charge is 0.225 e. The van der Waals surface area contributed by atoms with E-state index in [-0.39, 0.29) is 0 Å². The number of nitrogens with zero attached hydrogens (tertiary/aromatic N) is 1. The van der Waals surface area contributed by atoms with Crippen LogP contribution in [0.15, 0.2) is 0 Å². The van der Waals surface area contributed by atoms with E-state index < -0.39 is 0 Å². The fourth-order valence-electron chi connectivity index (χ4n) is 4.14. The summed E-state index contributed by atoms with van der Waals surface area (Å²) in [5.74, 6) is 2.62. The van der Waals surface area contributed by atoms with Gasteiger partial charge in [-0.3, -0.25) is 4.79 Å². The van der Waals surface area contributed by atoms with Crippen molar-refractivity contribution in [3.63, 3.8) is 0 Å². The van der Waals surface area contributed by atoms with Gasteiger partial charge in [-0.05, 0) is 63.2 Å². The Balaban J connectivity index is 1.37. The minimum atomic E-state index is 0.390. The van der Waals surface area contributed by atoms with Gasteiger partial charge in [0, 0.05) is 31.1 Å². The van der Waals surface area contributed by atoms with Gasteiger partial charge in [-0.2, -0.15) is 0 Å². The SMILES string of the molecule is CC(C)C1CCC(NC2CCN(C(=O)C3CC3)CC2)CC1. The Labute approximate surface area is 129 Å². The second-order valence-corrected chi connectivity index (χ2v) is 7.90. The van der Waals surface area contributed by atoms with Crippen LogP contribution in [-0.4, -0.2) is 36.0 Å². The summed E-state index contributed by atoms with van der Waals surface area (Å²) in [6.07, 6.45) is 10.1. The Morgan fingerprint density at radius 3 is 2.00 bits per heavy atom. The third kappa shape index (κ3) is 4.00. The molecule has 3 fully saturated rings. The van der Waals surface area contributed by atoms with Crippen molar-refractivity contribution >= 4 is 5.91 Å². The maximum Gasteiger partial charge on any atom is 0.225 e. The number of rotatable bonds is 4. The fraction of sp³-hybridized carbons (Fsp3) is 0.944. The summed E-state index contributed by atoms with van der Waals surface area (Å²) in [6.45, 7) is 6.69. The molecule has 0 aromatic carbocycles. The van der Waals surface area contributed by atoms with Gasteiger partial charge in [-0.1, -0.05) is 13.8 Å². The van der Waals surface area contributed by atoms with Crippen LogP contribution in [0.25, 0.3) is 0 Å². The Bertz CT molecular complexity index is 348. The Hall–Kier alpha value is -0.570. The van der Waals surface area contributed by atoms with Crippen LogP contribution in [0.4, 0.5) is 0 Å². The zero-order valence-corrected chi connectivity index (χ0v) is 13.8. The molecule has 0 radical (unpaired) electrons. The fourth-order valence-corrected chi connectivity index (χ4v) is 4.14. The van der Waals surface area contributed by atoms with Gasteiger partial charge in [-0.25, -0.2) is 0 Å². The predicted octanol–water partition coefficient (Wildman–Crippen LogP) is 3.19. The van der Waals surface area contributed by atoms with Crippen LogP contribution in [0.1, 0.15) is 65.2 Å². The molecule has 0 bridgehead atoms. The molecule has 0 spiro atoms. The average molecular weight is 292 g/mol. The number of amides is 1. The molecule has 2 aliphatic carbocycles. The van der Waals surface area contributed by atoms with Crippen molar-refractivity contribution in [3.8, 4) is 0 Å². The monoisotopic (exact) mass is 292 g/mol. The Morgan fingerprint density at radius 2 is 1.48 bits per heavy atom. The molecule has 1 aliphatic heterocycles. The van der Waals surface area contributed by atoms with Gasteiger partial charge in [0.15, 0.2) is 0 Å². The summed E-state index contributed by atoms with van der Waals surface area (Å²) in [7, 11) is 0. The van der Waals surface area contributed by atoms with Crippen molar-refractivity contribution in [2.45, 2.75) is 77.3 Å². The molecule has 1 saturated heterocycles. The molecule has 1 N–H and O–H groups in total. The molecule has 0 aromatic heterocycles. The van der Waals surface area contributed by atoms with E-state index >= 15 is 0 Å². The molecule has 0 atom stereocenters. The third-order valence-corrected chi connectivity index (χ3v) is 5.92. The van der Waals surface area contributed by atoms with Gasteiger partial charge < -0.3 is 10.2 Å². The number of hydrogen-bond acceptors (Lipinski definition) is 2. The molecule has 2 saturated carbocycles. The lowest BCUT2D eigenvalue weighted by atomic mass is 9.79. The van der Waals surface area contributed by atoms with Crippen LogP contribution in [0, 0.1) is 17.8 Å². The Kier molecular flexibility index (Phi) is 4.88. The van der Waals surface area contributed by atoms with Crippen molar-refractivity contribution in [3.05, 3.63) is 0 Å². The number of piperidine rings is 1. The summed E-state index contributed by atoms with van der Waals surface area (Å²) in [4.78, 5) is 14.2. The minimum Gasteiger partial charge on any atom is -0.342 e. The molecule has 21 heavy (non-hydrogen) atoms. The van der Waals surface area contributed by atoms with E-state index in [1.165, 1.54) is 25.7 Å². The highest BCUT2D eigenvalue weighted by atomic mass is 16.2. The number of carbonyl (C=O) groups excluding carboxylic acids is 1. The molecule has 0 aromatic rings. The first-order chi connectivity index (χ1) is 10.1. The molecule has 3 nitrogen and oxygen atoms in total. The standard InChI is InChI=1S/C18H32N2O/c1-13(2)14-5-7-16(8-6-14)19-17-9-11-20(12-10-17)18(21)15-3-4-15/h13-17,19H,3-12H2,1-2H3. The lowest BCUT2D eigenvalue weighted by molar-refractivity contribution is -0.133. The van der Waals surface area contributed by atoms with Crippen molar-refractivity contribution in [1.82, 2.24) is 10.2 Å². The van der Waals surface area contributed by atoms with Crippen LogP contribution in [0.5, 0.6) is 0 Å². The Morgan fingerprint density at radius 1 is 0.905 bits per heavy atom. The van der Waals surface area contributed by atoms with E-state index in [0.29, 0.717) is 17.9 Å². The summed E-state index contributed by atoms with van der Waals surface area (Å²) < 4.78 is 0. The summed E-state index contributed by atoms with van der Waals surface area (Å²) in [6, 6.07) is 1.38. The highest BCUT2D eigenvalue weighted by Crippen LogP contribution is 2.33. The largest absolute Gasteiger partial charge is 0.342 e. The van der Waals surface area contributed by atoms with Gasteiger partial charge in [0.05, 0.1) is 0 Å². The molecule has 0 unspecified atom stereocenters. The molecule has 3 aliphatic rings. The molecule has 1 heterocycles. The van der Waals surface area contributed by atoms with Gasteiger partial charge in [0.25, 0.3) is 0 Å². The van der Waals surface area contributed by atoms with E-state index in [1.807, 2.05) is 0 Å². The highest BCUT2D eigenvalue weighted by molar-refractivity contribution is 5.81. The molecule has 1 amide bonds. The van der Waals surface area contributed by atoms with Gasteiger partial charge >= 0.3 is 0 Å². The molecule has 3 heteroatoms. The minimum absolute atomic E-state index is 0.390. The first kappa shape index (κ1) is 15.3. The van der Waals surface area contributed by atoms with Crippen LogP contribution < -0.4 is 5.32 Å². The van der Waals surface area contributed by atoms with Crippen molar-refractivity contribution in [2.75, 3.05) is 13.1 Å². The molecule has 120 valence electrons. The second-order valence-electron chi connectivity index (χ2n) is 7.90. The number of carbonyl (C=O) groups is 1. The summed E-state index contributed by atoms with van der Waals surface area (Å²) in [5.41, 5.74) is 0. The van der Waals surface area contributed by atoms with Gasteiger partial charge in [0.2, 0.25) is 5.91 Å². The zero-order chi connectivity index (χ0) is 14.8. The van der Waals surface area contributed by atoms with Crippen LogP contribution in [0.3, 0.4) is 0 Å². The molecular weight excluding hydrogens is 260 g/mol. The first-order valence-corrected chi connectivity index (χ1v) is 9.18.